The highest BCUT2D eigenvalue weighted by Gasteiger charge is 2.60. The van der Waals surface area contributed by atoms with E-state index in [1.165, 1.54) is 24.8 Å². The number of carbonyl (C=O) groups is 1. The molecule has 3 saturated carbocycles. The Morgan fingerprint density at radius 2 is 1.72 bits per heavy atom. The monoisotopic (exact) mass is 618 g/mol. The molecule has 6 nitrogen and oxygen atoms in total. The van der Waals surface area contributed by atoms with Crippen LogP contribution in [0.4, 0.5) is 0 Å². The highest BCUT2D eigenvalue weighted by molar-refractivity contribution is 7.96. The van der Waals surface area contributed by atoms with Crippen LogP contribution in [0.5, 0.6) is 0 Å². The van der Waals surface area contributed by atoms with Gasteiger partial charge in [0.1, 0.15) is 18.3 Å². The summed E-state index contributed by atoms with van der Waals surface area (Å²) in [7, 11) is 0. The van der Waals surface area contributed by atoms with Crippen LogP contribution in [0.25, 0.3) is 0 Å². The van der Waals surface area contributed by atoms with Crippen molar-refractivity contribution in [2.45, 2.75) is 143 Å². The molecule has 0 bridgehead atoms. The summed E-state index contributed by atoms with van der Waals surface area (Å²) < 4.78 is 12.2. The molecule has 5 rings (SSSR count). The second kappa shape index (κ2) is 12.8. The molecular weight excluding hydrogens is 560 g/mol. The number of ether oxygens (including phenoxy) is 2. The maximum absolute atomic E-state index is 13.0. The summed E-state index contributed by atoms with van der Waals surface area (Å²) in [5.41, 5.74) is 3.44. The van der Waals surface area contributed by atoms with E-state index in [0.29, 0.717) is 29.6 Å². The third kappa shape index (κ3) is 5.86. The van der Waals surface area contributed by atoms with Crippen LogP contribution >= 0.6 is 12.6 Å². The zero-order valence-electron chi connectivity index (χ0n) is 27.5. The maximum Gasteiger partial charge on any atom is 0.189 e. The van der Waals surface area contributed by atoms with Crippen molar-refractivity contribution in [2.75, 3.05) is 0 Å². The van der Waals surface area contributed by atoms with E-state index in [4.69, 9.17) is 9.47 Å². The average molecular weight is 619 g/mol. The van der Waals surface area contributed by atoms with Gasteiger partial charge in [0.05, 0.1) is 12.2 Å². The Morgan fingerprint density at radius 3 is 2.37 bits per heavy atom. The Bertz CT molecular complexity index is 1090. The molecule has 0 radical (unpaired) electrons. The maximum atomic E-state index is 13.0. The van der Waals surface area contributed by atoms with E-state index < -0.39 is 30.7 Å². The number of thiol groups is 1. The summed E-state index contributed by atoms with van der Waals surface area (Å²) in [5, 5.41) is 31.1. The minimum absolute atomic E-state index is 0.0171. The van der Waals surface area contributed by atoms with Crippen molar-refractivity contribution < 1.29 is 29.6 Å². The summed E-state index contributed by atoms with van der Waals surface area (Å²) in [6.07, 6.45) is 9.04. The number of rotatable bonds is 8. The molecule has 1 aliphatic heterocycles. The van der Waals surface area contributed by atoms with Crippen LogP contribution < -0.4 is 0 Å². The summed E-state index contributed by atoms with van der Waals surface area (Å²) in [6.45, 7) is 15.6. The molecule has 0 unspecified atom stereocenters. The van der Waals surface area contributed by atoms with Gasteiger partial charge in [0.25, 0.3) is 0 Å². The van der Waals surface area contributed by atoms with Gasteiger partial charge in [0.15, 0.2) is 11.4 Å². The molecule has 14 atom stereocenters. The van der Waals surface area contributed by atoms with E-state index in [9.17, 15) is 20.1 Å². The second-order valence-electron chi connectivity index (χ2n) is 15.6. The van der Waals surface area contributed by atoms with Gasteiger partial charge in [-0.1, -0.05) is 57.9 Å². The molecule has 0 aromatic carbocycles. The number of hydrogen-bond donors (Lipinski definition) is 4. The van der Waals surface area contributed by atoms with Crippen molar-refractivity contribution in [3.05, 3.63) is 23.3 Å². The van der Waals surface area contributed by atoms with Crippen molar-refractivity contribution in [1.29, 1.82) is 0 Å². The first-order valence-electron chi connectivity index (χ1n) is 17.2. The topological polar surface area (TPSA) is 96.2 Å². The zero-order valence-corrected chi connectivity index (χ0v) is 28.4. The van der Waals surface area contributed by atoms with E-state index in [2.05, 4.69) is 66.3 Å². The molecule has 244 valence electrons. The van der Waals surface area contributed by atoms with Gasteiger partial charge in [-0.05, 0) is 118 Å². The van der Waals surface area contributed by atoms with E-state index in [1.54, 1.807) is 12.5 Å². The normalized spacial score (nSPS) is 47.4. The van der Waals surface area contributed by atoms with Gasteiger partial charge in [0, 0.05) is 5.92 Å². The van der Waals surface area contributed by atoms with E-state index in [-0.39, 0.29) is 33.9 Å². The van der Waals surface area contributed by atoms with Gasteiger partial charge in [-0.25, -0.2) is 0 Å². The van der Waals surface area contributed by atoms with E-state index in [0.717, 1.165) is 38.5 Å². The Kier molecular flexibility index (Phi) is 10.0. The van der Waals surface area contributed by atoms with Crippen molar-refractivity contribution >= 4 is 17.7 Å². The van der Waals surface area contributed by atoms with Crippen LogP contribution in [-0.2, 0) is 14.3 Å². The van der Waals surface area contributed by atoms with Crippen molar-refractivity contribution in [1.82, 2.24) is 0 Å². The highest BCUT2D eigenvalue weighted by atomic mass is 32.1. The Balaban J connectivity index is 1.31. The van der Waals surface area contributed by atoms with Gasteiger partial charge in [0.2, 0.25) is 0 Å². The molecule has 0 amide bonds. The fourth-order valence-electron chi connectivity index (χ4n) is 10.7. The molecule has 5 aliphatic rings. The summed E-state index contributed by atoms with van der Waals surface area (Å²) in [4.78, 5) is 13.0. The molecule has 7 heteroatoms. The first-order chi connectivity index (χ1) is 20.2. The number of hydrogen-bond acceptors (Lipinski definition) is 6. The summed E-state index contributed by atoms with van der Waals surface area (Å²) in [5.74, 6) is 2.77. The zero-order chi connectivity index (χ0) is 31.4. The highest BCUT2D eigenvalue weighted by Crippen LogP contribution is 2.67. The molecule has 0 aromatic heterocycles. The third-order valence-electron chi connectivity index (χ3n) is 13.4. The van der Waals surface area contributed by atoms with Gasteiger partial charge in [-0.15, -0.1) is 12.6 Å². The fourth-order valence-corrected chi connectivity index (χ4v) is 11.0. The smallest absolute Gasteiger partial charge is 0.189 e. The van der Waals surface area contributed by atoms with Crippen molar-refractivity contribution in [3.63, 3.8) is 0 Å². The largest absolute Gasteiger partial charge is 0.388 e. The van der Waals surface area contributed by atoms with Crippen LogP contribution in [0, 0.1) is 52.3 Å². The summed E-state index contributed by atoms with van der Waals surface area (Å²) in [6, 6.07) is 0. The van der Waals surface area contributed by atoms with Crippen LogP contribution in [0.1, 0.15) is 106 Å². The second-order valence-corrected chi connectivity index (χ2v) is 16.1. The molecular formula is C36H58O6S. The minimum atomic E-state index is -1.28. The Hall–Kier alpha value is -0.700. The van der Waals surface area contributed by atoms with Gasteiger partial charge in [-0.2, -0.15) is 0 Å². The lowest BCUT2D eigenvalue weighted by Crippen LogP contribution is -2.59. The number of carbonyl (C=O) groups excluding carboxylic acids is 1. The van der Waals surface area contributed by atoms with Gasteiger partial charge < -0.3 is 24.8 Å². The molecule has 43 heavy (non-hydrogen) atoms. The molecule has 0 aromatic rings. The quantitative estimate of drug-likeness (QED) is 0.184. The molecule has 1 heterocycles. The predicted octanol–water partition coefficient (Wildman–Crippen LogP) is 6.48. The fraction of sp³-hybridized carbons (Fsp3) is 0.861. The molecule has 1 saturated heterocycles. The van der Waals surface area contributed by atoms with Crippen LogP contribution in [0.15, 0.2) is 23.3 Å². The van der Waals surface area contributed by atoms with Crippen LogP contribution in [-0.4, -0.2) is 57.2 Å². The van der Waals surface area contributed by atoms with Gasteiger partial charge >= 0.3 is 0 Å². The minimum Gasteiger partial charge on any atom is -0.388 e. The summed E-state index contributed by atoms with van der Waals surface area (Å²) >= 11 is 4.46. The molecule has 4 fully saturated rings. The van der Waals surface area contributed by atoms with E-state index in [1.807, 2.05) is 0 Å². The van der Waals surface area contributed by atoms with Crippen LogP contribution in [0.3, 0.4) is 0 Å². The lowest BCUT2D eigenvalue weighted by molar-refractivity contribution is -0.313. The molecule has 3 N–H and O–H groups in total. The van der Waals surface area contributed by atoms with Crippen molar-refractivity contribution in [3.8, 4) is 0 Å². The lowest BCUT2D eigenvalue weighted by Gasteiger charge is -2.60. The lowest BCUT2D eigenvalue weighted by atomic mass is 9.46. The number of fused-ring (bicyclic) bond motifs is 5. The number of allylic oxidation sites excluding steroid dienone is 4. The van der Waals surface area contributed by atoms with Crippen molar-refractivity contribution in [2.24, 2.45) is 52.3 Å². The average Bonchev–Trinajstić information content (AvgIpc) is 3.30. The molecule has 4 aliphatic carbocycles. The first-order valence-corrected chi connectivity index (χ1v) is 17.6. The predicted molar refractivity (Wildman–Crippen MR) is 172 cm³/mol. The first kappa shape index (κ1) is 33.7. The Morgan fingerprint density at radius 1 is 1.05 bits per heavy atom. The van der Waals surface area contributed by atoms with E-state index >= 15 is 0 Å². The van der Waals surface area contributed by atoms with Crippen LogP contribution in [0.2, 0.25) is 0 Å². The number of aliphatic hydroxyl groups is 3. The number of aliphatic hydroxyl groups excluding tert-OH is 3. The SMILES string of the molecule is C/C=C(\CC[C@@H](C(=O)S)[C@H]1CC[C@H]2C3=CC[C@H]4[C@H](C)[C@@H](O[C@@H]5O[C@@H](C)[C@H](O)[C@@H](O)[C@@H]5O)CC[C@]4(C)[C@H]3CC[C@]12C)C(C)C. The third-order valence-corrected chi connectivity index (χ3v) is 13.7. The van der Waals surface area contributed by atoms with Gasteiger partial charge in [-0.3, -0.25) is 4.79 Å². The molecule has 0 spiro atoms. The standard InChI is InChI=1S/C36H58O6S/c1-8-22(19(2)3)9-10-24(33(40)43)27-14-13-26-23-11-12-25-20(4)29(42-34-32(39)31(38)30(37)21(5)41-34)16-18-35(25,6)28(23)15-17-36(26,27)7/h8,11,19-21,24-32,34,37-39H,9-10,12-18H2,1-7H3,(H,40,43)/b22-8+/t20-,21-,24+,25-,26-,27+,28-,29-,30-,31+,32-,34-,35-,36-/m0/s1. The Labute approximate surface area is 265 Å².